The molecule has 3 N–H and O–H groups in total. The molecule has 0 bridgehead atoms. The fraction of sp³-hybridized carbons (Fsp3) is 0.118. The Balaban J connectivity index is 1.96. The summed E-state index contributed by atoms with van der Waals surface area (Å²) in [6, 6.07) is 9.61. The highest BCUT2D eigenvalue weighted by Crippen LogP contribution is 2.35. The first-order chi connectivity index (χ1) is 12.9. The average molecular weight is 370 g/mol. The number of carboxylic acid groups (broad SMARTS) is 1. The van der Waals surface area contributed by atoms with E-state index in [0.29, 0.717) is 5.56 Å². The van der Waals surface area contributed by atoms with E-state index in [1.165, 1.54) is 12.1 Å². The molecule has 0 aliphatic heterocycles. The van der Waals surface area contributed by atoms with Crippen LogP contribution < -0.4 is 5.32 Å². The summed E-state index contributed by atoms with van der Waals surface area (Å²) in [4.78, 5) is 35.3. The van der Waals surface area contributed by atoms with Crippen molar-refractivity contribution in [1.29, 1.82) is 0 Å². The molecule has 1 aromatic heterocycles. The molecule has 0 saturated carbocycles. The predicted octanol–water partition coefficient (Wildman–Crippen LogP) is 3.09. The number of aliphatic carboxylic acids is 1. The zero-order valence-corrected chi connectivity index (χ0v) is 13.8. The molecule has 2 aromatic carbocycles. The van der Waals surface area contributed by atoms with Gasteiger partial charge in [0.25, 0.3) is 0 Å². The van der Waals surface area contributed by atoms with Crippen molar-refractivity contribution in [3.8, 4) is 0 Å². The van der Waals surface area contributed by atoms with Crippen molar-refractivity contribution in [2.45, 2.75) is 12.5 Å². The topological polar surface area (TPSA) is 151 Å². The number of aromatic amines is 1. The molecular formula is C17H14N4O6. The summed E-state index contributed by atoms with van der Waals surface area (Å²) in [6.45, 7) is 0. The lowest BCUT2D eigenvalue weighted by molar-refractivity contribution is -0.421. The van der Waals surface area contributed by atoms with Gasteiger partial charge in [-0.3, -0.25) is 20.2 Å². The van der Waals surface area contributed by atoms with Crippen LogP contribution in [0.15, 0.2) is 48.7 Å². The quantitative estimate of drug-likeness (QED) is 0.427. The van der Waals surface area contributed by atoms with E-state index >= 15 is 0 Å². The molecule has 1 atom stereocenters. The Bertz CT molecular complexity index is 1040. The smallest absolute Gasteiger partial charge is 0.368 e. The number of nitro groups is 2. The Morgan fingerprint density at radius 2 is 1.85 bits per heavy atom. The summed E-state index contributed by atoms with van der Waals surface area (Å²) in [5.74, 6) is -1.24. The standard InChI is InChI=1S/C17H14N4O6/c22-17(23)14(8-10-9-18-12-5-2-1-4-11(10)12)19-13-6-3-7-15(20(24)25)16(13)21(26)27/h1-7,9,14,18-19H,8H2,(H,22,23). The number of para-hydroxylation sites is 2. The molecule has 27 heavy (non-hydrogen) atoms. The minimum atomic E-state index is -1.24. The largest absolute Gasteiger partial charge is 0.480 e. The Morgan fingerprint density at radius 3 is 2.52 bits per heavy atom. The van der Waals surface area contributed by atoms with Crippen molar-refractivity contribution in [3.63, 3.8) is 0 Å². The van der Waals surface area contributed by atoms with Gasteiger partial charge in [0.1, 0.15) is 11.7 Å². The zero-order valence-electron chi connectivity index (χ0n) is 13.8. The van der Waals surface area contributed by atoms with E-state index in [1.807, 2.05) is 24.3 Å². The molecule has 0 fully saturated rings. The minimum absolute atomic E-state index is 0.0270. The lowest BCUT2D eigenvalue weighted by Crippen LogP contribution is -2.31. The number of carbonyl (C=O) groups is 1. The number of hydrogen-bond acceptors (Lipinski definition) is 6. The molecule has 1 heterocycles. The monoisotopic (exact) mass is 370 g/mol. The van der Waals surface area contributed by atoms with E-state index in [1.54, 1.807) is 6.20 Å². The Labute approximate surface area is 151 Å². The van der Waals surface area contributed by atoms with Crippen molar-refractivity contribution in [2.24, 2.45) is 0 Å². The van der Waals surface area contributed by atoms with E-state index in [4.69, 9.17) is 0 Å². The second-order valence-corrected chi connectivity index (χ2v) is 5.79. The van der Waals surface area contributed by atoms with Gasteiger partial charge in [-0.15, -0.1) is 0 Å². The summed E-state index contributed by atoms with van der Waals surface area (Å²) in [7, 11) is 0. The maximum atomic E-state index is 11.7. The summed E-state index contributed by atoms with van der Waals surface area (Å²) in [5.41, 5.74) is -0.160. The molecule has 3 aromatic rings. The second kappa shape index (κ2) is 7.12. The maximum Gasteiger partial charge on any atom is 0.368 e. The third-order valence-electron chi connectivity index (χ3n) is 4.12. The Morgan fingerprint density at radius 1 is 1.11 bits per heavy atom. The van der Waals surface area contributed by atoms with Crippen molar-refractivity contribution < 1.29 is 19.7 Å². The van der Waals surface area contributed by atoms with Crippen LogP contribution in [-0.2, 0) is 11.2 Å². The molecule has 0 aliphatic carbocycles. The van der Waals surface area contributed by atoms with Gasteiger partial charge in [-0.2, -0.15) is 0 Å². The van der Waals surface area contributed by atoms with Crippen molar-refractivity contribution in [2.75, 3.05) is 5.32 Å². The van der Waals surface area contributed by atoms with Crippen LogP contribution >= 0.6 is 0 Å². The summed E-state index contributed by atoms with van der Waals surface area (Å²) in [6.07, 6.45) is 1.70. The SMILES string of the molecule is O=C(O)C(Cc1c[nH]c2ccccc12)Nc1cccc([N+](=O)[O-])c1[N+](=O)[O-]. The van der Waals surface area contributed by atoms with E-state index in [-0.39, 0.29) is 12.1 Å². The second-order valence-electron chi connectivity index (χ2n) is 5.79. The molecule has 0 saturated heterocycles. The number of aromatic nitrogens is 1. The number of H-pyrrole nitrogens is 1. The highest BCUT2D eigenvalue weighted by molar-refractivity contribution is 5.86. The van der Waals surface area contributed by atoms with Crippen LogP contribution in [0.3, 0.4) is 0 Å². The molecule has 138 valence electrons. The first kappa shape index (κ1) is 17.9. The molecule has 10 heteroatoms. The molecule has 0 aliphatic rings. The molecule has 10 nitrogen and oxygen atoms in total. The van der Waals surface area contributed by atoms with Crippen LogP contribution in [0, 0.1) is 20.2 Å². The first-order valence-corrected chi connectivity index (χ1v) is 7.84. The van der Waals surface area contributed by atoms with E-state index in [9.17, 15) is 30.1 Å². The molecule has 3 rings (SSSR count). The average Bonchev–Trinajstić information content (AvgIpc) is 3.03. The predicted molar refractivity (Wildman–Crippen MR) is 96.8 cm³/mol. The fourth-order valence-corrected chi connectivity index (χ4v) is 2.90. The summed E-state index contributed by atoms with van der Waals surface area (Å²) >= 11 is 0. The Hall–Kier alpha value is -3.95. The number of nitrogens with one attached hydrogen (secondary N) is 2. The van der Waals surface area contributed by atoms with Crippen molar-refractivity contribution in [1.82, 2.24) is 4.98 Å². The number of fused-ring (bicyclic) bond motifs is 1. The molecule has 1 unspecified atom stereocenters. The maximum absolute atomic E-state index is 11.7. The van der Waals surface area contributed by atoms with Crippen LogP contribution in [0.1, 0.15) is 5.56 Å². The molecular weight excluding hydrogens is 356 g/mol. The lowest BCUT2D eigenvalue weighted by Gasteiger charge is -2.15. The third-order valence-corrected chi connectivity index (χ3v) is 4.12. The number of carboxylic acids is 1. The number of nitro benzene ring substituents is 2. The number of rotatable bonds is 7. The summed E-state index contributed by atoms with van der Waals surface area (Å²) < 4.78 is 0. The van der Waals surface area contributed by atoms with Gasteiger partial charge in [0, 0.05) is 29.6 Å². The highest BCUT2D eigenvalue weighted by atomic mass is 16.6. The van der Waals surface area contributed by atoms with Crippen molar-refractivity contribution in [3.05, 3.63) is 74.5 Å². The van der Waals surface area contributed by atoms with Gasteiger partial charge in [-0.25, -0.2) is 4.79 Å². The van der Waals surface area contributed by atoms with Gasteiger partial charge in [0.2, 0.25) is 0 Å². The molecule has 0 spiro atoms. The first-order valence-electron chi connectivity index (χ1n) is 7.84. The number of hydrogen-bond donors (Lipinski definition) is 3. The molecule has 0 amide bonds. The van der Waals surface area contributed by atoms with E-state index in [2.05, 4.69) is 10.3 Å². The number of nitrogens with zero attached hydrogens (tertiary/aromatic N) is 2. The van der Waals surface area contributed by atoms with Gasteiger partial charge in [-0.05, 0) is 17.7 Å². The summed E-state index contributed by atoms with van der Waals surface area (Å²) in [5, 5.41) is 35.3. The van der Waals surface area contributed by atoms with Gasteiger partial charge in [-0.1, -0.05) is 24.3 Å². The van der Waals surface area contributed by atoms with Gasteiger partial charge >= 0.3 is 17.3 Å². The van der Waals surface area contributed by atoms with Crippen LogP contribution in [0.5, 0.6) is 0 Å². The van der Waals surface area contributed by atoms with Gasteiger partial charge < -0.3 is 15.4 Å². The fourth-order valence-electron chi connectivity index (χ4n) is 2.90. The number of anilines is 1. The van der Waals surface area contributed by atoms with Crippen LogP contribution in [0.4, 0.5) is 17.1 Å². The van der Waals surface area contributed by atoms with Crippen LogP contribution in [-0.4, -0.2) is 31.9 Å². The van der Waals surface area contributed by atoms with Crippen molar-refractivity contribution >= 4 is 33.9 Å². The van der Waals surface area contributed by atoms with Crippen LogP contribution in [0.25, 0.3) is 10.9 Å². The zero-order chi connectivity index (χ0) is 19.6. The van der Waals surface area contributed by atoms with Gasteiger partial charge in [0.05, 0.1) is 9.85 Å². The van der Waals surface area contributed by atoms with Crippen LogP contribution in [0.2, 0.25) is 0 Å². The highest BCUT2D eigenvalue weighted by Gasteiger charge is 2.31. The third kappa shape index (κ3) is 3.54. The number of benzene rings is 2. The van der Waals surface area contributed by atoms with E-state index < -0.39 is 33.2 Å². The van der Waals surface area contributed by atoms with Gasteiger partial charge in [0.15, 0.2) is 0 Å². The normalized spacial score (nSPS) is 11.9. The molecule has 0 radical (unpaired) electrons. The lowest BCUT2D eigenvalue weighted by atomic mass is 10.0. The Kier molecular flexibility index (Phi) is 4.71. The minimum Gasteiger partial charge on any atom is -0.480 e. The van der Waals surface area contributed by atoms with E-state index in [0.717, 1.165) is 17.0 Å².